The lowest BCUT2D eigenvalue weighted by Crippen LogP contribution is -2.08. The molecule has 0 saturated carbocycles. The van der Waals surface area contributed by atoms with Gasteiger partial charge in [0.05, 0.1) is 11.3 Å². The van der Waals surface area contributed by atoms with Crippen LogP contribution < -0.4 is 0 Å². The number of nitro benzene ring substituents is 1. The summed E-state index contributed by atoms with van der Waals surface area (Å²) in [6, 6.07) is 5.80. The minimum atomic E-state index is -4.12. The van der Waals surface area contributed by atoms with Gasteiger partial charge in [-0.3, -0.25) is 10.1 Å². The van der Waals surface area contributed by atoms with Crippen molar-refractivity contribution in [3.63, 3.8) is 0 Å². The Hall–Kier alpha value is -1.24. The number of nitrogens with zero attached hydrogens (tertiary/aromatic N) is 1. The Balaban J connectivity index is 2.35. The Labute approximate surface area is 100 Å². The van der Waals surface area contributed by atoms with Crippen molar-refractivity contribution in [2.45, 2.75) is 18.3 Å². The topological polar surface area (TPSA) is 43.1 Å². The van der Waals surface area contributed by atoms with Gasteiger partial charge in [-0.25, -0.2) is 0 Å². The van der Waals surface area contributed by atoms with Gasteiger partial charge in [0.25, 0.3) is 5.69 Å². The average molecular weight is 265 g/mol. The minimum absolute atomic E-state index is 0.000484. The van der Waals surface area contributed by atoms with Crippen LogP contribution in [0.2, 0.25) is 0 Å². The smallest absolute Gasteiger partial charge is 0.258 e. The van der Waals surface area contributed by atoms with Gasteiger partial charge in [0.1, 0.15) is 0 Å². The molecule has 0 fully saturated rings. The van der Waals surface area contributed by atoms with Crippen LogP contribution in [0.1, 0.15) is 12.0 Å². The molecule has 0 N–H and O–H groups in total. The first kappa shape index (κ1) is 13.8. The van der Waals surface area contributed by atoms with Gasteiger partial charge in [-0.15, -0.1) is 0 Å². The molecule has 94 valence electrons. The van der Waals surface area contributed by atoms with E-state index in [-0.39, 0.29) is 11.4 Å². The Morgan fingerprint density at radius 3 is 2.29 bits per heavy atom. The third-order valence-electron chi connectivity index (χ3n) is 1.95. The van der Waals surface area contributed by atoms with E-state index in [1.54, 1.807) is 12.1 Å². The normalized spacial score (nSPS) is 11.5. The van der Waals surface area contributed by atoms with E-state index < -0.39 is 17.5 Å². The maximum Gasteiger partial charge on any atom is 0.389 e. The summed E-state index contributed by atoms with van der Waals surface area (Å²) in [5.74, 6) is 0.425. The highest BCUT2D eigenvalue weighted by atomic mass is 32.2. The number of rotatable bonds is 5. The van der Waals surface area contributed by atoms with Crippen molar-refractivity contribution < 1.29 is 18.1 Å². The summed E-state index contributed by atoms with van der Waals surface area (Å²) >= 11 is 1.16. The summed E-state index contributed by atoms with van der Waals surface area (Å²) in [6.45, 7) is 0. The van der Waals surface area contributed by atoms with Crippen LogP contribution in [0.4, 0.5) is 18.9 Å². The van der Waals surface area contributed by atoms with Crippen molar-refractivity contribution in [2.75, 3.05) is 5.75 Å². The number of alkyl halides is 3. The molecule has 0 bridgehead atoms. The van der Waals surface area contributed by atoms with E-state index in [9.17, 15) is 23.3 Å². The monoisotopic (exact) mass is 265 g/mol. The highest BCUT2D eigenvalue weighted by Crippen LogP contribution is 2.24. The van der Waals surface area contributed by atoms with Gasteiger partial charge in [-0.2, -0.15) is 24.9 Å². The summed E-state index contributed by atoms with van der Waals surface area (Å²) in [5.41, 5.74) is 0.761. The summed E-state index contributed by atoms with van der Waals surface area (Å²) < 4.78 is 35.5. The first-order valence-electron chi connectivity index (χ1n) is 4.76. The van der Waals surface area contributed by atoms with Gasteiger partial charge in [0, 0.05) is 23.6 Å². The van der Waals surface area contributed by atoms with E-state index in [1.807, 2.05) is 0 Å². The predicted octanol–water partition coefficient (Wildman–Crippen LogP) is 3.78. The number of hydrogen-bond acceptors (Lipinski definition) is 3. The van der Waals surface area contributed by atoms with Crippen LogP contribution in [-0.2, 0) is 5.75 Å². The van der Waals surface area contributed by atoms with Crippen molar-refractivity contribution in [1.82, 2.24) is 0 Å². The number of benzene rings is 1. The van der Waals surface area contributed by atoms with Gasteiger partial charge in [0.15, 0.2) is 0 Å². The molecule has 0 aliphatic rings. The van der Waals surface area contributed by atoms with Crippen LogP contribution in [-0.4, -0.2) is 16.9 Å². The van der Waals surface area contributed by atoms with E-state index >= 15 is 0 Å². The molecule has 0 spiro atoms. The zero-order valence-corrected chi connectivity index (χ0v) is 9.55. The molecule has 0 aliphatic carbocycles. The first-order valence-corrected chi connectivity index (χ1v) is 5.92. The molecule has 0 unspecified atom stereocenters. The molecule has 7 heteroatoms. The molecule has 0 radical (unpaired) electrons. The van der Waals surface area contributed by atoms with Crippen LogP contribution >= 0.6 is 11.8 Å². The number of halogens is 3. The molecular formula is C10H10F3NO2S. The fourth-order valence-electron chi connectivity index (χ4n) is 1.09. The summed E-state index contributed by atoms with van der Waals surface area (Å²) in [7, 11) is 0. The second kappa shape index (κ2) is 5.90. The Morgan fingerprint density at radius 1 is 1.24 bits per heavy atom. The van der Waals surface area contributed by atoms with Crippen LogP contribution in [0.15, 0.2) is 24.3 Å². The van der Waals surface area contributed by atoms with Crippen molar-refractivity contribution in [1.29, 1.82) is 0 Å². The molecule has 0 aliphatic heterocycles. The Morgan fingerprint density at radius 2 is 1.82 bits per heavy atom. The maximum absolute atomic E-state index is 11.8. The lowest BCUT2D eigenvalue weighted by atomic mass is 10.2. The first-order chi connectivity index (χ1) is 7.88. The van der Waals surface area contributed by atoms with Crippen LogP contribution in [0.5, 0.6) is 0 Å². The SMILES string of the molecule is O=[N+]([O-])c1ccc(CSCCC(F)(F)F)cc1. The largest absolute Gasteiger partial charge is 0.389 e. The fourth-order valence-corrected chi connectivity index (χ4v) is 2.04. The number of non-ortho nitro benzene ring substituents is 1. The maximum atomic E-state index is 11.8. The second-order valence-corrected chi connectivity index (χ2v) is 4.45. The molecule has 1 aromatic rings. The molecule has 1 rings (SSSR count). The number of hydrogen-bond donors (Lipinski definition) is 0. The van der Waals surface area contributed by atoms with Crippen molar-refractivity contribution in [2.24, 2.45) is 0 Å². The number of nitro groups is 1. The van der Waals surface area contributed by atoms with E-state index in [0.717, 1.165) is 17.3 Å². The van der Waals surface area contributed by atoms with Gasteiger partial charge < -0.3 is 0 Å². The standard InChI is InChI=1S/C10H10F3NO2S/c11-10(12,13)5-6-17-7-8-1-3-9(4-2-8)14(15)16/h1-4H,5-7H2. The van der Waals surface area contributed by atoms with Crippen LogP contribution in [0.3, 0.4) is 0 Å². The zero-order chi connectivity index (χ0) is 12.9. The molecule has 3 nitrogen and oxygen atoms in total. The molecule has 0 heterocycles. The quantitative estimate of drug-likeness (QED) is 0.462. The molecule has 1 aromatic carbocycles. The van der Waals surface area contributed by atoms with E-state index in [1.165, 1.54) is 12.1 Å². The van der Waals surface area contributed by atoms with Crippen molar-refractivity contribution >= 4 is 17.4 Å². The average Bonchev–Trinajstić information content (AvgIpc) is 2.24. The van der Waals surface area contributed by atoms with Gasteiger partial charge in [-0.1, -0.05) is 12.1 Å². The third-order valence-corrected chi connectivity index (χ3v) is 2.98. The predicted molar refractivity (Wildman–Crippen MR) is 59.9 cm³/mol. The Bertz CT molecular complexity index is 378. The van der Waals surface area contributed by atoms with Gasteiger partial charge in [-0.05, 0) is 5.56 Å². The van der Waals surface area contributed by atoms with Gasteiger partial charge in [0.2, 0.25) is 0 Å². The molecule has 0 amide bonds. The molecule has 17 heavy (non-hydrogen) atoms. The summed E-state index contributed by atoms with van der Waals surface area (Å²) in [4.78, 5) is 9.84. The molecule has 0 saturated heterocycles. The highest BCUT2D eigenvalue weighted by molar-refractivity contribution is 7.98. The number of thioether (sulfide) groups is 1. The van der Waals surface area contributed by atoms with Crippen molar-refractivity contribution in [3.05, 3.63) is 39.9 Å². The zero-order valence-electron chi connectivity index (χ0n) is 8.74. The third kappa shape index (κ3) is 5.58. The fraction of sp³-hybridized carbons (Fsp3) is 0.400. The second-order valence-electron chi connectivity index (χ2n) is 3.34. The lowest BCUT2D eigenvalue weighted by molar-refractivity contribution is -0.384. The lowest BCUT2D eigenvalue weighted by Gasteiger charge is -2.05. The Kier molecular flexibility index (Phi) is 4.80. The summed E-state index contributed by atoms with van der Waals surface area (Å²) in [6.07, 6.45) is -4.94. The van der Waals surface area contributed by atoms with Gasteiger partial charge >= 0.3 is 6.18 Å². The minimum Gasteiger partial charge on any atom is -0.258 e. The molecular weight excluding hydrogens is 255 g/mol. The molecule has 0 atom stereocenters. The van der Waals surface area contributed by atoms with Crippen molar-refractivity contribution in [3.8, 4) is 0 Å². The van der Waals surface area contributed by atoms with E-state index in [0.29, 0.717) is 5.75 Å². The van der Waals surface area contributed by atoms with Crippen LogP contribution in [0, 0.1) is 10.1 Å². The molecule has 0 aromatic heterocycles. The van der Waals surface area contributed by atoms with Crippen LogP contribution in [0.25, 0.3) is 0 Å². The van der Waals surface area contributed by atoms with E-state index in [2.05, 4.69) is 0 Å². The summed E-state index contributed by atoms with van der Waals surface area (Å²) in [5, 5.41) is 10.4. The highest BCUT2D eigenvalue weighted by Gasteiger charge is 2.26. The van der Waals surface area contributed by atoms with E-state index in [4.69, 9.17) is 0 Å².